The van der Waals surface area contributed by atoms with Crippen LogP contribution in [0.15, 0.2) is 36.4 Å². The topological polar surface area (TPSA) is 50.7 Å². The average Bonchev–Trinajstić information content (AvgIpc) is 2.45. The van der Waals surface area contributed by atoms with Gasteiger partial charge in [0.25, 0.3) is 0 Å². The second-order valence-corrected chi connectivity index (χ2v) is 4.21. The smallest absolute Gasteiger partial charge is 0.163 e. The normalized spacial score (nSPS) is 10.2. The minimum absolute atomic E-state index is 0.178. The molecule has 20 heavy (non-hydrogen) atoms. The molecule has 0 heterocycles. The first kappa shape index (κ1) is 14.0. The number of phenols is 1. The maximum atomic E-state index is 13.9. The van der Waals surface area contributed by atoms with Gasteiger partial charge in [0.05, 0.1) is 19.9 Å². The predicted octanol–water partition coefficient (Wildman–Crippen LogP) is 3.16. The Morgan fingerprint density at radius 3 is 2.45 bits per heavy atom. The summed E-state index contributed by atoms with van der Waals surface area (Å²) in [5.41, 5.74) is 1.16. The first-order chi connectivity index (χ1) is 9.63. The quantitative estimate of drug-likeness (QED) is 0.881. The Morgan fingerprint density at radius 2 is 1.80 bits per heavy atom. The van der Waals surface area contributed by atoms with Crippen molar-refractivity contribution in [3.05, 3.63) is 47.8 Å². The second kappa shape index (κ2) is 6.14. The van der Waals surface area contributed by atoms with E-state index in [4.69, 9.17) is 9.47 Å². The lowest BCUT2D eigenvalue weighted by molar-refractivity contribution is 0.352. The van der Waals surface area contributed by atoms with E-state index in [2.05, 4.69) is 5.32 Å². The number of hydrogen-bond acceptors (Lipinski definition) is 4. The fraction of sp³-hybridized carbons (Fsp3) is 0.200. The van der Waals surface area contributed by atoms with E-state index in [0.717, 1.165) is 5.56 Å². The molecule has 2 N–H and O–H groups in total. The summed E-state index contributed by atoms with van der Waals surface area (Å²) in [4.78, 5) is 0. The monoisotopic (exact) mass is 277 g/mol. The SMILES string of the molecule is COc1cc(F)c(NCc2cccc(O)c2)cc1OC. The van der Waals surface area contributed by atoms with Gasteiger partial charge in [-0.3, -0.25) is 0 Å². The van der Waals surface area contributed by atoms with Gasteiger partial charge in [0, 0.05) is 18.7 Å². The van der Waals surface area contributed by atoms with Gasteiger partial charge in [-0.15, -0.1) is 0 Å². The zero-order chi connectivity index (χ0) is 14.5. The molecule has 0 saturated heterocycles. The Bertz CT molecular complexity index is 602. The van der Waals surface area contributed by atoms with E-state index in [1.165, 1.54) is 26.4 Å². The summed E-state index contributed by atoms with van der Waals surface area (Å²) in [5.74, 6) is 0.542. The lowest BCUT2D eigenvalue weighted by Gasteiger charge is -2.12. The summed E-state index contributed by atoms with van der Waals surface area (Å²) < 4.78 is 24.0. The molecule has 0 aliphatic rings. The number of rotatable bonds is 5. The van der Waals surface area contributed by atoms with E-state index in [0.29, 0.717) is 23.7 Å². The maximum absolute atomic E-state index is 13.9. The Balaban J connectivity index is 2.17. The fourth-order valence-electron chi connectivity index (χ4n) is 1.85. The molecule has 0 fully saturated rings. The van der Waals surface area contributed by atoms with E-state index >= 15 is 0 Å². The van der Waals surface area contributed by atoms with Crippen LogP contribution in [0.4, 0.5) is 10.1 Å². The number of ether oxygens (including phenoxy) is 2. The van der Waals surface area contributed by atoms with Crippen molar-refractivity contribution in [1.29, 1.82) is 0 Å². The Morgan fingerprint density at radius 1 is 1.10 bits per heavy atom. The number of aromatic hydroxyl groups is 1. The Hall–Kier alpha value is -2.43. The van der Waals surface area contributed by atoms with Crippen LogP contribution in [0, 0.1) is 5.82 Å². The molecule has 0 saturated carbocycles. The lowest BCUT2D eigenvalue weighted by Crippen LogP contribution is -2.02. The van der Waals surface area contributed by atoms with Crippen LogP contribution in [0.2, 0.25) is 0 Å². The number of phenolic OH excluding ortho intramolecular Hbond substituents is 1. The Kier molecular flexibility index (Phi) is 4.30. The van der Waals surface area contributed by atoms with Crippen LogP contribution in [0.5, 0.6) is 17.2 Å². The van der Waals surface area contributed by atoms with Crippen LogP contribution in [-0.4, -0.2) is 19.3 Å². The van der Waals surface area contributed by atoms with E-state index in [9.17, 15) is 9.50 Å². The zero-order valence-corrected chi connectivity index (χ0v) is 11.3. The van der Waals surface area contributed by atoms with Crippen LogP contribution in [0.3, 0.4) is 0 Å². The summed E-state index contributed by atoms with van der Waals surface area (Å²) in [6.07, 6.45) is 0. The van der Waals surface area contributed by atoms with Gasteiger partial charge >= 0.3 is 0 Å². The average molecular weight is 277 g/mol. The van der Waals surface area contributed by atoms with E-state index in [-0.39, 0.29) is 5.75 Å². The third-order valence-corrected chi connectivity index (χ3v) is 2.87. The fourth-order valence-corrected chi connectivity index (χ4v) is 1.85. The maximum Gasteiger partial charge on any atom is 0.163 e. The third kappa shape index (κ3) is 3.12. The molecule has 2 rings (SSSR count). The summed E-state index contributed by atoms with van der Waals surface area (Å²) in [5, 5.41) is 12.3. The largest absolute Gasteiger partial charge is 0.508 e. The zero-order valence-electron chi connectivity index (χ0n) is 11.3. The highest BCUT2D eigenvalue weighted by atomic mass is 19.1. The van der Waals surface area contributed by atoms with Gasteiger partial charge in [-0.25, -0.2) is 4.39 Å². The highest BCUT2D eigenvalue weighted by molar-refractivity contribution is 5.56. The predicted molar refractivity (Wildman–Crippen MR) is 74.9 cm³/mol. The van der Waals surface area contributed by atoms with Crippen molar-refractivity contribution < 1.29 is 19.0 Å². The van der Waals surface area contributed by atoms with Crippen molar-refractivity contribution in [2.24, 2.45) is 0 Å². The Labute approximate surface area is 116 Å². The second-order valence-electron chi connectivity index (χ2n) is 4.21. The standard InChI is InChI=1S/C15H16FNO3/c1-19-14-7-12(16)13(8-15(14)20-2)17-9-10-4-3-5-11(18)6-10/h3-8,17-18H,9H2,1-2H3. The van der Waals surface area contributed by atoms with Crippen LogP contribution in [0.25, 0.3) is 0 Å². The van der Waals surface area contributed by atoms with Crippen LogP contribution in [-0.2, 0) is 6.54 Å². The molecule has 5 heteroatoms. The first-order valence-electron chi connectivity index (χ1n) is 6.07. The van der Waals surface area contributed by atoms with Gasteiger partial charge < -0.3 is 19.9 Å². The summed E-state index contributed by atoms with van der Waals surface area (Å²) in [7, 11) is 2.95. The molecule has 0 bridgehead atoms. The van der Waals surface area contributed by atoms with E-state index in [1.54, 1.807) is 18.2 Å². The number of halogens is 1. The molecule has 0 aromatic heterocycles. The van der Waals surface area contributed by atoms with Gasteiger partial charge in [0.15, 0.2) is 11.5 Å². The van der Waals surface area contributed by atoms with Gasteiger partial charge in [-0.05, 0) is 17.7 Å². The lowest BCUT2D eigenvalue weighted by atomic mass is 10.2. The number of nitrogens with one attached hydrogen (secondary N) is 1. The molecule has 0 amide bonds. The molecule has 0 spiro atoms. The van der Waals surface area contributed by atoms with Crippen LogP contribution < -0.4 is 14.8 Å². The van der Waals surface area contributed by atoms with Gasteiger partial charge in [0.2, 0.25) is 0 Å². The van der Waals surface area contributed by atoms with Gasteiger partial charge in [-0.2, -0.15) is 0 Å². The highest BCUT2D eigenvalue weighted by Gasteiger charge is 2.10. The third-order valence-electron chi connectivity index (χ3n) is 2.87. The number of methoxy groups -OCH3 is 2. The first-order valence-corrected chi connectivity index (χ1v) is 6.07. The van der Waals surface area contributed by atoms with Crippen molar-refractivity contribution in [1.82, 2.24) is 0 Å². The molecule has 4 nitrogen and oxygen atoms in total. The molecule has 0 aliphatic carbocycles. The van der Waals surface area contributed by atoms with Crippen molar-refractivity contribution in [2.45, 2.75) is 6.54 Å². The van der Waals surface area contributed by atoms with Crippen LogP contribution >= 0.6 is 0 Å². The summed E-state index contributed by atoms with van der Waals surface area (Å²) in [6.45, 7) is 0.390. The minimum atomic E-state index is -0.428. The molecule has 0 atom stereocenters. The minimum Gasteiger partial charge on any atom is -0.508 e. The number of benzene rings is 2. The molecule has 0 unspecified atom stereocenters. The molecular weight excluding hydrogens is 261 g/mol. The molecule has 2 aromatic rings. The van der Waals surface area contributed by atoms with Crippen molar-refractivity contribution in [3.63, 3.8) is 0 Å². The molecule has 0 radical (unpaired) electrons. The molecule has 106 valence electrons. The van der Waals surface area contributed by atoms with Crippen molar-refractivity contribution >= 4 is 5.69 Å². The highest BCUT2D eigenvalue weighted by Crippen LogP contribution is 2.32. The van der Waals surface area contributed by atoms with E-state index < -0.39 is 5.82 Å². The molecular formula is C15H16FNO3. The summed E-state index contributed by atoms with van der Waals surface area (Å²) >= 11 is 0. The number of hydrogen-bond donors (Lipinski definition) is 2. The molecule has 0 aliphatic heterocycles. The van der Waals surface area contributed by atoms with Gasteiger partial charge in [-0.1, -0.05) is 12.1 Å². The number of anilines is 1. The summed E-state index contributed by atoms with van der Waals surface area (Å²) in [6, 6.07) is 9.58. The van der Waals surface area contributed by atoms with Crippen LogP contribution in [0.1, 0.15) is 5.56 Å². The van der Waals surface area contributed by atoms with Gasteiger partial charge in [0.1, 0.15) is 11.6 Å². The molecule has 2 aromatic carbocycles. The van der Waals surface area contributed by atoms with Crippen molar-refractivity contribution in [3.8, 4) is 17.2 Å². The van der Waals surface area contributed by atoms with E-state index in [1.807, 2.05) is 6.07 Å². The van der Waals surface area contributed by atoms with Crippen molar-refractivity contribution in [2.75, 3.05) is 19.5 Å².